The lowest BCUT2D eigenvalue weighted by Gasteiger charge is -2.28. The number of aromatic amines is 1. The van der Waals surface area contributed by atoms with Crippen LogP contribution < -0.4 is 10.2 Å². The maximum atomic E-state index is 12.6. The van der Waals surface area contributed by atoms with Gasteiger partial charge in [0.1, 0.15) is 6.33 Å². The Kier molecular flexibility index (Phi) is 4.44. The summed E-state index contributed by atoms with van der Waals surface area (Å²) >= 11 is 0. The number of nitrogens with one attached hydrogen (secondary N) is 2. The largest absolute Gasteiger partial charge is 0.358 e. The Labute approximate surface area is 173 Å². The van der Waals surface area contributed by atoms with Crippen molar-refractivity contribution in [2.45, 2.75) is 13.5 Å². The van der Waals surface area contributed by atoms with Crippen LogP contribution in [0.25, 0.3) is 22.6 Å². The molecule has 3 heterocycles. The Bertz CT molecular complexity index is 1210. The Hall–Kier alpha value is -4.07. The minimum atomic E-state index is -0.0322. The lowest BCUT2D eigenvalue weighted by atomic mass is 10.0. The van der Waals surface area contributed by atoms with E-state index in [9.17, 15) is 4.79 Å². The van der Waals surface area contributed by atoms with Crippen molar-refractivity contribution in [3.8, 4) is 22.6 Å². The van der Waals surface area contributed by atoms with Crippen molar-refractivity contribution >= 4 is 17.5 Å². The molecule has 0 atom stereocenters. The van der Waals surface area contributed by atoms with Crippen LogP contribution in [-0.4, -0.2) is 37.6 Å². The van der Waals surface area contributed by atoms with Gasteiger partial charge in [-0.1, -0.05) is 42.5 Å². The second kappa shape index (κ2) is 7.40. The van der Waals surface area contributed by atoms with Crippen LogP contribution in [0.1, 0.15) is 11.1 Å². The van der Waals surface area contributed by atoms with E-state index in [0.29, 0.717) is 29.7 Å². The molecule has 1 aliphatic rings. The first kappa shape index (κ1) is 18.0. The van der Waals surface area contributed by atoms with E-state index in [1.54, 1.807) is 17.4 Å². The first-order valence-electron chi connectivity index (χ1n) is 9.62. The summed E-state index contributed by atoms with van der Waals surface area (Å²) in [6, 6.07) is 15.9. The zero-order valence-corrected chi connectivity index (χ0v) is 16.3. The highest BCUT2D eigenvalue weighted by molar-refractivity contribution is 6.00. The number of hydrogen-bond acceptors (Lipinski definition) is 6. The van der Waals surface area contributed by atoms with E-state index in [0.717, 1.165) is 22.3 Å². The Morgan fingerprint density at radius 2 is 2.00 bits per heavy atom. The SMILES string of the molecule is Cc1cc(-c2nnc[nH]2)ccc1-c1cnc2c(n1)N(Cc1ccccc1)C(=O)CN2. The number of aryl methyl sites for hydroxylation is 1. The molecule has 2 aromatic heterocycles. The van der Waals surface area contributed by atoms with Gasteiger partial charge in [0.25, 0.3) is 0 Å². The van der Waals surface area contributed by atoms with E-state index in [1.165, 1.54) is 0 Å². The fourth-order valence-corrected chi connectivity index (χ4v) is 3.57. The van der Waals surface area contributed by atoms with Gasteiger partial charge in [-0.3, -0.25) is 9.69 Å². The molecular formula is C22H19N7O. The molecule has 2 aromatic carbocycles. The zero-order chi connectivity index (χ0) is 20.5. The van der Waals surface area contributed by atoms with Gasteiger partial charge in [0.15, 0.2) is 17.5 Å². The predicted molar refractivity (Wildman–Crippen MR) is 114 cm³/mol. The van der Waals surface area contributed by atoms with Crippen LogP contribution >= 0.6 is 0 Å². The van der Waals surface area contributed by atoms with Gasteiger partial charge in [0, 0.05) is 11.1 Å². The van der Waals surface area contributed by atoms with Crippen LogP contribution in [-0.2, 0) is 11.3 Å². The van der Waals surface area contributed by atoms with Crippen LogP contribution in [0.2, 0.25) is 0 Å². The third kappa shape index (κ3) is 3.28. The van der Waals surface area contributed by atoms with Crippen LogP contribution in [0.15, 0.2) is 61.1 Å². The molecule has 1 amide bonds. The fourth-order valence-electron chi connectivity index (χ4n) is 3.57. The molecule has 5 rings (SSSR count). The lowest BCUT2D eigenvalue weighted by molar-refractivity contribution is -0.117. The summed E-state index contributed by atoms with van der Waals surface area (Å²) in [5.74, 6) is 1.84. The molecule has 0 saturated heterocycles. The van der Waals surface area contributed by atoms with E-state index in [-0.39, 0.29) is 12.5 Å². The predicted octanol–water partition coefficient (Wildman–Crippen LogP) is 3.20. The highest BCUT2D eigenvalue weighted by Gasteiger charge is 2.27. The number of hydrogen-bond donors (Lipinski definition) is 2. The third-order valence-electron chi connectivity index (χ3n) is 5.09. The molecule has 0 unspecified atom stereocenters. The Balaban J connectivity index is 1.52. The van der Waals surface area contributed by atoms with Gasteiger partial charge >= 0.3 is 0 Å². The summed E-state index contributed by atoms with van der Waals surface area (Å²) in [5, 5.41) is 11.0. The summed E-state index contributed by atoms with van der Waals surface area (Å²) in [6.07, 6.45) is 3.29. The minimum Gasteiger partial charge on any atom is -0.358 e. The van der Waals surface area contributed by atoms with E-state index in [4.69, 9.17) is 4.98 Å². The standard InChI is InChI=1S/C22H19N7O/c1-14-9-16(20-25-13-26-28-20)7-8-17(14)18-10-23-21-22(27-18)29(19(30)11-24-21)12-15-5-3-2-4-6-15/h2-10,13H,11-12H2,1H3,(H,23,24)(H,25,26,28). The fraction of sp³-hybridized carbons (Fsp3) is 0.136. The third-order valence-corrected chi connectivity index (χ3v) is 5.09. The minimum absolute atomic E-state index is 0.0322. The smallest absolute Gasteiger partial charge is 0.247 e. The molecule has 148 valence electrons. The van der Waals surface area contributed by atoms with Gasteiger partial charge in [-0.15, -0.1) is 10.2 Å². The van der Waals surface area contributed by atoms with Gasteiger partial charge in [0.2, 0.25) is 5.91 Å². The van der Waals surface area contributed by atoms with Crippen LogP contribution in [0.5, 0.6) is 0 Å². The number of anilines is 2. The molecular weight excluding hydrogens is 378 g/mol. The van der Waals surface area contributed by atoms with E-state index in [1.807, 2.05) is 55.5 Å². The molecule has 30 heavy (non-hydrogen) atoms. The average Bonchev–Trinajstić information content (AvgIpc) is 3.31. The molecule has 1 aliphatic heterocycles. The number of H-pyrrole nitrogens is 1. The molecule has 0 aliphatic carbocycles. The number of aromatic nitrogens is 5. The summed E-state index contributed by atoms with van der Waals surface area (Å²) in [5.41, 5.74) is 4.68. The van der Waals surface area contributed by atoms with Crippen LogP contribution in [0.4, 0.5) is 11.6 Å². The maximum absolute atomic E-state index is 12.6. The van der Waals surface area contributed by atoms with Crippen molar-refractivity contribution in [3.05, 3.63) is 72.2 Å². The summed E-state index contributed by atoms with van der Waals surface area (Å²) < 4.78 is 0. The van der Waals surface area contributed by atoms with Crippen LogP contribution in [0, 0.1) is 6.92 Å². The van der Waals surface area contributed by atoms with Crippen molar-refractivity contribution in [1.29, 1.82) is 0 Å². The first-order valence-corrected chi connectivity index (χ1v) is 9.62. The highest BCUT2D eigenvalue weighted by Crippen LogP contribution is 2.32. The second-order valence-corrected chi connectivity index (χ2v) is 7.11. The molecule has 0 saturated carbocycles. The van der Waals surface area contributed by atoms with E-state index >= 15 is 0 Å². The molecule has 0 bridgehead atoms. The monoisotopic (exact) mass is 397 g/mol. The molecule has 0 spiro atoms. The molecule has 8 nitrogen and oxygen atoms in total. The molecule has 0 radical (unpaired) electrons. The van der Waals surface area contributed by atoms with Gasteiger partial charge in [0.05, 0.1) is 25.0 Å². The van der Waals surface area contributed by atoms with Gasteiger partial charge < -0.3 is 10.3 Å². The highest BCUT2D eigenvalue weighted by atomic mass is 16.2. The summed E-state index contributed by atoms with van der Waals surface area (Å²) in [6.45, 7) is 2.68. The van der Waals surface area contributed by atoms with Gasteiger partial charge in [-0.05, 0) is 24.1 Å². The number of nitrogens with zero attached hydrogens (tertiary/aromatic N) is 5. The number of carbonyl (C=O) groups is 1. The zero-order valence-electron chi connectivity index (χ0n) is 16.3. The van der Waals surface area contributed by atoms with Crippen molar-refractivity contribution in [2.24, 2.45) is 0 Å². The Morgan fingerprint density at radius 3 is 2.77 bits per heavy atom. The van der Waals surface area contributed by atoms with Gasteiger partial charge in [-0.25, -0.2) is 9.97 Å². The van der Waals surface area contributed by atoms with Crippen molar-refractivity contribution in [2.75, 3.05) is 16.8 Å². The van der Waals surface area contributed by atoms with Gasteiger partial charge in [-0.2, -0.15) is 0 Å². The lowest BCUT2D eigenvalue weighted by Crippen LogP contribution is -2.40. The second-order valence-electron chi connectivity index (χ2n) is 7.11. The average molecular weight is 397 g/mol. The van der Waals surface area contributed by atoms with E-state index < -0.39 is 0 Å². The van der Waals surface area contributed by atoms with Crippen LogP contribution in [0.3, 0.4) is 0 Å². The van der Waals surface area contributed by atoms with Crippen molar-refractivity contribution < 1.29 is 4.79 Å². The summed E-state index contributed by atoms with van der Waals surface area (Å²) in [4.78, 5) is 26.7. The number of rotatable bonds is 4. The maximum Gasteiger partial charge on any atom is 0.247 e. The topological polar surface area (TPSA) is 99.7 Å². The number of fused-ring (bicyclic) bond motifs is 1. The van der Waals surface area contributed by atoms with Crippen molar-refractivity contribution in [3.63, 3.8) is 0 Å². The number of carbonyl (C=O) groups excluding carboxylic acids is 1. The number of amides is 1. The molecule has 4 aromatic rings. The molecule has 2 N–H and O–H groups in total. The first-order chi connectivity index (χ1) is 14.7. The van der Waals surface area contributed by atoms with Crippen molar-refractivity contribution in [1.82, 2.24) is 25.1 Å². The molecule has 0 fully saturated rings. The quantitative estimate of drug-likeness (QED) is 0.549. The molecule has 8 heteroatoms. The Morgan fingerprint density at radius 1 is 1.13 bits per heavy atom. The van der Waals surface area contributed by atoms with E-state index in [2.05, 4.69) is 25.5 Å². The summed E-state index contributed by atoms with van der Waals surface area (Å²) in [7, 11) is 0. The normalized spacial score (nSPS) is 13.1. The number of benzene rings is 2.